The van der Waals surface area contributed by atoms with E-state index >= 15 is 0 Å². The number of alkyl halides is 2. The average molecular weight is 289 g/mol. The highest BCUT2D eigenvalue weighted by atomic mass is 19.3. The average Bonchev–Trinajstić information content (AvgIpc) is 2.71. The monoisotopic (exact) mass is 289 g/mol. The molecule has 0 aromatic carbocycles. The Morgan fingerprint density at radius 1 is 1.40 bits per heavy atom. The van der Waals surface area contributed by atoms with E-state index in [4.69, 9.17) is 5.11 Å². The summed E-state index contributed by atoms with van der Waals surface area (Å²) in [5.41, 5.74) is -0.789. The first-order valence-corrected chi connectivity index (χ1v) is 6.11. The molecule has 0 bridgehead atoms. The second-order valence-corrected chi connectivity index (χ2v) is 4.85. The van der Waals surface area contributed by atoms with Crippen LogP contribution in [0.5, 0.6) is 0 Å². The lowest BCUT2D eigenvalue weighted by molar-refractivity contribution is -0.138. The van der Waals surface area contributed by atoms with Crippen LogP contribution in [0.15, 0.2) is 6.20 Å². The SMILES string of the molecule is CC(C)Cn1ncc(C(=O)N[C@@H](C)C(=O)O)c1C(F)F. The van der Waals surface area contributed by atoms with E-state index in [1.54, 1.807) is 0 Å². The van der Waals surface area contributed by atoms with Crippen molar-refractivity contribution in [2.24, 2.45) is 5.92 Å². The van der Waals surface area contributed by atoms with Gasteiger partial charge in [-0.2, -0.15) is 5.10 Å². The molecule has 1 heterocycles. The molecule has 112 valence electrons. The van der Waals surface area contributed by atoms with Gasteiger partial charge in [0, 0.05) is 6.54 Å². The Balaban J connectivity index is 3.03. The fraction of sp³-hybridized carbons (Fsp3) is 0.583. The molecule has 1 atom stereocenters. The fourth-order valence-electron chi connectivity index (χ4n) is 1.63. The first kappa shape index (κ1) is 16.1. The topological polar surface area (TPSA) is 84.2 Å². The van der Waals surface area contributed by atoms with Crippen LogP contribution in [0, 0.1) is 5.92 Å². The van der Waals surface area contributed by atoms with Gasteiger partial charge in [-0.1, -0.05) is 13.8 Å². The van der Waals surface area contributed by atoms with Crippen molar-refractivity contribution in [1.82, 2.24) is 15.1 Å². The number of nitrogens with zero attached hydrogens (tertiary/aromatic N) is 2. The zero-order valence-corrected chi connectivity index (χ0v) is 11.4. The zero-order chi connectivity index (χ0) is 15.4. The Labute approximate surface area is 114 Å². The summed E-state index contributed by atoms with van der Waals surface area (Å²) in [4.78, 5) is 22.5. The quantitative estimate of drug-likeness (QED) is 0.834. The van der Waals surface area contributed by atoms with Gasteiger partial charge in [0.1, 0.15) is 11.7 Å². The number of hydrogen-bond donors (Lipinski definition) is 2. The maximum atomic E-state index is 13.1. The molecule has 2 N–H and O–H groups in total. The Hall–Kier alpha value is -1.99. The minimum Gasteiger partial charge on any atom is -0.480 e. The first-order valence-electron chi connectivity index (χ1n) is 6.11. The molecular formula is C12H17F2N3O3. The number of hydrogen-bond acceptors (Lipinski definition) is 3. The third kappa shape index (κ3) is 3.75. The van der Waals surface area contributed by atoms with Crippen LogP contribution < -0.4 is 5.32 Å². The van der Waals surface area contributed by atoms with Crippen molar-refractivity contribution >= 4 is 11.9 Å². The smallest absolute Gasteiger partial charge is 0.325 e. The maximum absolute atomic E-state index is 13.1. The van der Waals surface area contributed by atoms with Gasteiger partial charge in [-0.15, -0.1) is 0 Å². The van der Waals surface area contributed by atoms with E-state index in [2.05, 4.69) is 10.4 Å². The lowest BCUT2D eigenvalue weighted by atomic mass is 10.2. The van der Waals surface area contributed by atoms with Gasteiger partial charge in [-0.05, 0) is 12.8 Å². The molecule has 1 rings (SSSR count). The highest BCUT2D eigenvalue weighted by Crippen LogP contribution is 2.23. The van der Waals surface area contributed by atoms with Gasteiger partial charge in [-0.25, -0.2) is 8.78 Å². The highest BCUT2D eigenvalue weighted by Gasteiger charge is 2.26. The van der Waals surface area contributed by atoms with Crippen LogP contribution in [-0.4, -0.2) is 32.8 Å². The van der Waals surface area contributed by atoms with Crippen molar-refractivity contribution in [2.45, 2.75) is 39.8 Å². The minimum absolute atomic E-state index is 0.0845. The summed E-state index contributed by atoms with van der Waals surface area (Å²) < 4.78 is 27.2. The lowest BCUT2D eigenvalue weighted by Gasteiger charge is -2.12. The van der Waals surface area contributed by atoms with Gasteiger partial charge >= 0.3 is 5.97 Å². The van der Waals surface area contributed by atoms with Crippen molar-refractivity contribution in [1.29, 1.82) is 0 Å². The van der Waals surface area contributed by atoms with Crippen molar-refractivity contribution in [2.75, 3.05) is 0 Å². The predicted molar refractivity (Wildman–Crippen MR) is 66.6 cm³/mol. The number of halogens is 2. The van der Waals surface area contributed by atoms with Gasteiger partial charge < -0.3 is 10.4 Å². The predicted octanol–water partition coefficient (Wildman–Crippen LogP) is 1.68. The van der Waals surface area contributed by atoms with Crippen molar-refractivity contribution in [3.05, 3.63) is 17.5 Å². The maximum Gasteiger partial charge on any atom is 0.325 e. The van der Waals surface area contributed by atoms with Crippen molar-refractivity contribution in [3.8, 4) is 0 Å². The Morgan fingerprint density at radius 2 is 2.00 bits per heavy atom. The van der Waals surface area contributed by atoms with E-state index in [0.29, 0.717) is 0 Å². The molecule has 0 spiro atoms. The summed E-state index contributed by atoms with van der Waals surface area (Å²) in [7, 11) is 0. The van der Waals surface area contributed by atoms with Gasteiger partial charge in [0.2, 0.25) is 0 Å². The third-order valence-electron chi connectivity index (χ3n) is 2.59. The summed E-state index contributed by atoms with van der Waals surface area (Å²) in [5.74, 6) is -2.03. The number of carbonyl (C=O) groups excluding carboxylic acids is 1. The largest absolute Gasteiger partial charge is 0.480 e. The van der Waals surface area contributed by atoms with Crippen LogP contribution in [0.3, 0.4) is 0 Å². The Bertz CT molecular complexity index is 500. The number of carbonyl (C=O) groups is 2. The molecule has 0 radical (unpaired) electrons. The molecular weight excluding hydrogens is 272 g/mol. The number of aliphatic carboxylic acids is 1. The van der Waals surface area contributed by atoms with Crippen LogP contribution in [0.25, 0.3) is 0 Å². The number of aromatic nitrogens is 2. The third-order valence-corrected chi connectivity index (χ3v) is 2.59. The summed E-state index contributed by atoms with van der Waals surface area (Å²) in [6.07, 6.45) is -1.83. The standard InChI is InChI=1S/C12H17F2N3O3/c1-6(2)5-17-9(10(13)14)8(4-15-17)11(18)16-7(3)12(19)20/h4,6-7,10H,5H2,1-3H3,(H,16,18)(H,19,20)/t7-/m0/s1. The lowest BCUT2D eigenvalue weighted by Crippen LogP contribution is -2.38. The van der Waals surface area contributed by atoms with Crippen molar-refractivity contribution < 1.29 is 23.5 Å². The number of nitrogens with one attached hydrogen (secondary N) is 1. The normalized spacial score (nSPS) is 12.8. The summed E-state index contributed by atoms with van der Waals surface area (Å²) in [6, 6.07) is -1.17. The molecule has 0 unspecified atom stereocenters. The zero-order valence-electron chi connectivity index (χ0n) is 11.4. The number of carboxylic acid groups (broad SMARTS) is 1. The van der Waals surface area contributed by atoms with E-state index in [1.165, 1.54) is 6.92 Å². The molecule has 0 aliphatic heterocycles. The van der Waals surface area contributed by atoms with E-state index in [-0.39, 0.29) is 18.0 Å². The Morgan fingerprint density at radius 3 is 2.45 bits per heavy atom. The minimum atomic E-state index is -2.86. The second-order valence-electron chi connectivity index (χ2n) is 4.85. The molecule has 1 amide bonds. The van der Waals surface area contributed by atoms with Crippen LogP contribution in [0.4, 0.5) is 8.78 Å². The number of amides is 1. The molecule has 1 aromatic rings. The molecule has 0 saturated carbocycles. The van der Waals surface area contributed by atoms with E-state index in [1.807, 2.05) is 13.8 Å². The second kappa shape index (κ2) is 6.44. The van der Waals surface area contributed by atoms with Gasteiger partial charge in [0.15, 0.2) is 0 Å². The van der Waals surface area contributed by atoms with E-state index < -0.39 is 30.0 Å². The van der Waals surface area contributed by atoms with Gasteiger partial charge in [0.05, 0.1) is 11.8 Å². The Kier molecular flexibility index (Phi) is 5.18. The highest BCUT2D eigenvalue weighted by molar-refractivity contribution is 5.97. The van der Waals surface area contributed by atoms with Crippen LogP contribution in [0.2, 0.25) is 0 Å². The van der Waals surface area contributed by atoms with Crippen LogP contribution in [0.1, 0.15) is 43.2 Å². The molecule has 0 fully saturated rings. The van der Waals surface area contributed by atoms with Gasteiger partial charge in [0.25, 0.3) is 12.3 Å². The number of carboxylic acids is 1. The molecule has 8 heteroatoms. The molecule has 1 aromatic heterocycles. The van der Waals surface area contributed by atoms with Crippen LogP contribution in [-0.2, 0) is 11.3 Å². The molecule has 0 aliphatic rings. The number of rotatable bonds is 6. The van der Waals surface area contributed by atoms with Crippen molar-refractivity contribution in [3.63, 3.8) is 0 Å². The van der Waals surface area contributed by atoms with Gasteiger partial charge in [-0.3, -0.25) is 14.3 Å². The van der Waals surface area contributed by atoms with E-state index in [0.717, 1.165) is 10.9 Å². The van der Waals surface area contributed by atoms with Crippen LogP contribution >= 0.6 is 0 Å². The fourth-order valence-corrected chi connectivity index (χ4v) is 1.63. The molecule has 0 aliphatic carbocycles. The molecule has 0 saturated heterocycles. The summed E-state index contributed by atoms with van der Waals surface area (Å²) in [5, 5.41) is 14.6. The molecule has 20 heavy (non-hydrogen) atoms. The van der Waals surface area contributed by atoms with E-state index in [9.17, 15) is 18.4 Å². The molecule has 6 nitrogen and oxygen atoms in total. The first-order chi connectivity index (χ1) is 9.23. The summed E-state index contributed by atoms with van der Waals surface area (Å²) >= 11 is 0. The summed E-state index contributed by atoms with van der Waals surface area (Å²) in [6.45, 7) is 5.18.